The Morgan fingerprint density at radius 1 is 1.17 bits per heavy atom. The van der Waals surface area contributed by atoms with Crippen molar-refractivity contribution >= 4 is 29.3 Å². The molecule has 2 aromatic rings. The van der Waals surface area contributed by atoms with Gasteiger partial charge in [0.15, 0.2) is 5.78 Å². The van der Waals surface area contributed by atoms with Gasteiger partial charge in [0.2, 0.25) is 0 Å². The maximum Gasteiger partial charge on any atom is 0.325 e. The van der Waals surface area contributed by atoms with Crippen LogP contribution in [0.25, 0.3) is 0 Å². The van der Waals surface area contributed by atoms with Gasteiger partial charge in [-0.05, 0) is 42.7 Å². The molecule has 0 bridgehead atoms. The summed E-state index contributed by atoms with van der Waals surface area (Å²) < 4.78 is 5.08. The first-order chi connectivity index (χ1) is 13.8. The second kappa shape index (κ2) is 8.25. The Hall–Kier alpha value is -2.86. The van der Waals surface area contributed by atoms with Crippen LogP contribution in [0.4, 0.5) is 4.79 Å². The molecule has 1 saturated heterocycles. The molecule has 2 aromatic carbocycles. The normalized spacial score (nSPS) is 18.7. The number of benzene rings is 2. The van der Waals surface area contributed by atoms with E-state index in [1.165, 1.54) is 18.7 Å². The Morgan fingerprint density at radius 3 is 2.45 bits per heavy atom. The zero-order valence-corrected chi connectivity index (χ0v) is 17.4. The number of rotatable bonds is 7. The molecule has 152 valence electrons. The van der Waals surface area contributed by atoms with E-state index < -0.39 is 17.5 Å². The van der Waals surface area contributed by atoms with Gasteiger partial charge in [-0.2, -0.15) is 0 Å². The van der Waals surface area contributed by atoms with Crippen LogP contribution in [0.1, 0.15) is 41.8 Å². The highest BCUT2D eigenvalue weighted by molar-refractivity contribution is 6.32. The molecule has 1 unspecified atom stereocenters. The average Bonchev–Trinajstić information content (AvgIpc) is 2.92. The minimum atomic E-state index is -1.21. The lowest BCUT2D eigenvalue weighted by atomic mass is 9.91. The number of imide groups is 1. The van der Waals surface area contributed by atoms with Crippen molar-refractivity contribution in [3.8, 4) is 5.75 Å². The van der Waals surface area contributed by atoms with Crippen molar-refractivity contribution in [3.63, 3.8) is 0 Å². The molecular weight excluding hydrogens is 392 g/mol. The van der Waals surface area contributed by atoms with Crippen molar-refractivity contribution in [2.24, 2.45) is 0 Å². The summed E-state index contributed by atoms with van der Waals surface area (Å²) in [7, 11) is 1.48. The van der Waals surface area contributed by atoms with Gasteiger partial charge in [0, 0.05) is 5.56 Å². The van der Waals surface area contributed by atoms with Crippen molar-refractivity contribution < 1.29 is 19.1 Å². The van der Waals surface area contributed by atoms with Gasteiger partial charge >= 0.3 is 6.03 Å². The number of nitrogens with one attached hydrogen (secondary N) is 1. The average molecular weight is 415 g/mol. The van der Waals surface area contributed by atoms with E-state index in [9.17, 15) is 14.4 Å². The van der Waals surface area contributed by atoms with Crippen molar-refractivity contribution in [3.05, 3.63) is 64.2 Å². The molecule has 0 aromatic heterocycles. The molecule has 1 heterocycles. The second-order valence-corrected chi connectivity index (χ2v) is 7.57. The van der Waals surface area contributed by atoms with Crippen LogP contribution in [0.15, 0.2) is 42.5 Å². The van der Waals surface area contributed by atoms with Crippen LogP contribution in [0, 0.1) is 0 Å². The molecule has 1 atom stereocenters. The number of carbonyl (C=O) groups is 3. The molecule has 1 N–H and O–H groups in total. The van der Waals surface area contributed by atoms with Gasteiger partial charge in [-0.15, -0.1) is 0 Å². The molecule has 0 saturated carbocycles. The molecule has 0 aliphatic carbocycles. The smallest absolute Gasteiger partial charge is 0.325 e. The molecule has 1 aliphatic heterocycles. The number of hydrogen-bond acceptors (Lipinski definition) is 4. The van der Waals surface area contributed by atoms with E-state index in [1.54, 1.807) is 19.1 Å². The SMILES string of the molecule is CCCc1ccc(C2(C)NC(=O)N(CC(=O)c3ccc(OC)c(Cl)c3)C2=O)cc1. The first-order valence-corrected chi connectivity index (χ1v) is 9.78. The third-order valence-corrected chi connectivity index (χ3v) is 5.42. The quantitative estimate of drug-likeness (QED) is 0.549. The first-order valence-electron chi connectivity index (χ1n) is 9.40. The van der Waals surface area contributed by atoms with Crippen LogP contribution in [-0.4, -0.2) is 36.3 Å². The predicted molar refractivity (Wildman–Crippen MR) is 110 cm³/mol. The topological polar surface area (TPSA) is 75.7 Å². The maximum absolute atomic E-state index is 13.0. The molecule has 6 nitrogen and oxygen atoms in total. The maximum atomic E-state index is 13.0. The van der Waals surface area contributed by atoms with E-state index >= 15 is 0 Å². The Kier molecular flexibility index (Phi) is 5.94. The number of nitrogens with zero attached hydrogens (tertiary/aromatic N) is 1. The minimum absolute atomic E-state index is 0.285. The number of ether oxygens (including phenoxy) is 1. The van der Waals surface area contributed by atoms with Crippen LogP contribution in [0.5, 0.6) is 5.75 Å². The van der Waals surface area contributed by atoms with Crippen molar-refractivity contribution in [2.75, 3.05) is 13.7 Å². The zero-order chi connectivity index (χ0) is 21.2. The third kappa shape index (κ3) is 3.98. The number of hydrogen-bond donors (Lipinski definition) is 1. The highest BCUT2D eigenvalue weighted by Gasteiger charge is 2.49. The Morgan fingerprint density at radius 2 is 1.86 bits per heavy atom. The highest BCUT2D eigenvalue weighted by Crippen LogP contribution is 2.30. The summed E-state index contributed by atoms with van der Waals surface area (Å²) in [6.45, 7) is 3.38. The van der Waals surface area contributed by atoms with Gasteiger partial charge in [-0.1, -0.05) is 49.2 Å². The summed E-state index contributed by atoms with van der Waals surface area (Å²) in [5.74, 6) is -0.406. The molecule has 0 radical (unpaired) electrons. The van der Waals surface area contributed by atoms with Gasteiger partial charge in [0.1, 0.15) is 11.3 Å². The number of ketones is 1. The number of halogens is 1. The van der Waals surface area contributed by atoms with Crippen LogP contribution in [-0.2, 0) is 16.8 Å². The Balaban J connectivity index is 1.79. The first kappa shape index (κ1) is 20.9. The number of urea groups is 1. The van der Waals surface area contributed by atoms with E-state index in [4.69, 9.17) is 16.3 Å². The Labute approximate surface area is 174 Å². The van der Waals surface area contributed by atoms with Crippen molar-refractivity contribution in [1.82, 2.24) is 10.2 Å². The summed E-state index contributed by atoms with van der Waals surface area (Å²) in [5.41, 5.74) is 0.937. The summed E-state index contributed by atoms with van der Waals surface area (Å²) >= 11 is 6.07. The molecule has 29 heavy (non-hydrogen) atoms. The number of carbonyl (C=O) groups excluding carboxylic acids is 3. The van der Waals surface area contributed by atoms with E-state index in [1.807, 2.05) is 24.3 Å². The van der Waals surface area contributed by atoms with Gasteiger partial charge in [0.05, 0.1) is 18.7 Å². The van der Waals surface area contributed by atoms with Crippen LogP contribution < -0.4 is 10.1 Å². The number of methoxy groups -OCH3 is 1. The van der Waals surface area contributed by atoms with E-state index in [-0.39, 0.29) is 17.4 Å². The minimum Gasteiger partial charge on any atom is -0.495 e. The van der Waals surface area contributed by atoms with Gasteiger partial charge in [0.25, 0.3) is 5.91 Å². The largest absolute Gasteiger partial charge is 0.495 e. The lowest BCUT2D eigenvalue weighted by molar-refractivity contribution is -0.130. The molecule has 7 heteroatoms. The molecule has 1 fully saturated rings. The molecule has 3 amide bonds. The number of aryl methyl sites for hydroxylation is 1. The lowest BCUT2D eigenvalue weighted by Crippen LogP contribution is -2.41. The third-order valence-electron chi connectivity index (χ3n) is 5.12. The number of amides is 3. The second-order valence-electron chi connectivity index (χ2n) is 7.17. The van der Waals surface area contributed by atoms with E-state index in [0.717, 1.165) is 17.7 Å². The Bertz CT molecular complexity index is 958. The summed E-state index contributed by atoms with van der Waals surface area (Å²) in [5, 5.41) is 3.01. The summed E-state index contributed by atoms with van der Waals surface area (Å²) in [4.78, 5) is 39.1. The van der Waals surface area contributed by atoms with Gasteiger partial charge in [-0.3, -0.25) is 14.5 Å². The summed E-state index contributed by atoms with van der Waals surface area (Å²) in [6, 6.07) is 11.6. The fourth-order valence-electron chi connectivity index (χ4n) is 3.40. The van der Waals surface area contributed by atoms with Crippen LogP contribution >= 0.6 is 11.6 Å². The molecule has 3 rings (SSSR count). The van der Waals surface area contributed by atoms with Gasteiger partial charge < -0.3 is 10.1 Å². The molecule has 0 spiro atoms. The lowest BCUT2D eigenvalue weighted by Gasteiger charge is -2.22. The van der Waals surface area contributed by atoms with Crippen LogP contribution in [0.2, 0.25) is 5.02 Å². The predicted octanol–water partition coefficient (Wildman–Crippen LogP) is 3.95. The van der Waals surface area contributed by atoms with E-state index in [2.05, 4.69) is 12.2 Å². The molecule has 1 aliphatic rings. The standard InChI is InChI=1S/C22H23ClN2O4/c1-4-5-14-6-9-16(10-7-14)22(2)20(27)25(21(28)24-22)13-18(26)15-8-11-19(29-3)17(23)12-15/h6-12H,4-5,13H2,1-3H3,(H,24,28). The van der Waals surface area contributed by atoms with Crippen molar-refractivity contribution in [2.45, 2.75) is 32.2 Å². The fourth-order valence-corrected chi connectivity index (χ4v) is 3.66. The highest BCUT2D eigenvalue weighted by atomic mass is 35.5. The van der Waals surface area contributed by atoms with Gasteiger partial charge in [-0.25, -0.2) is 4.79 Å². The number of Topliss-reactive ketones (excluding diaryl/α,β-unsaturated/α-hetero) is 1. The van der Waals surface area contributed by atoms with E-state index in [0.29, 0.717) is 16.9 Å². The monoisotopic (exact) mass is 414 g/mol. The van der Waals surface area contributed by atoms with Crippen LogP contribution in [0.3, 0.4) is 0 Å². The molecular formula is C22H23ClN2O4. The van der Waals surface area contributed by atoms with Crippen molar-refractivity contribution in [1.29, 1.82) is 0 Å². The fraction of sp³-hybridized carbons (Fsp3) is 0.318. The summed E-state index contributed by atoms with van der Waals surface area (Å²) in [6.07, 6.45) is 1.97. The zero-order valence-electron chi connectivity index (χ0n) is 16.6.